The van der Waals surface area contributed by atoms with E-state index < -0.39 is 6.04 Å². The van der Waals surface area contributed by atoms with E-state index in [0.29, 0.717) is 12.1 Å². The van der Waals surface area contributed by atoms with Gasteiger partial charge in [-0.3, -0.25) is 9.59 Å². The molecule has 3 rings (SSSR count). The summed E-state index contributed by atoms with van der Waals surface area (Å²) < 4.78 is 1.26. The van der Waals surface area contributed by atoms with E-state index in [1.54, 1.807) is 23.5 Å². The molecule has 28 heavy (non-hydrogen) atoms. The Morgan fingerprint density at radius 1 is 1.04 bits per heavy atom. The number of hydrogen-bond acceptors (Lipinski definition) is 3. The predicted molar refractivity (Wildman–Crippen MR) is 116 cm³/mol. The van der Waals surface area contributed by atoms with E-state index in [0.717, 1.165) is 12.0 Å². The van der Waals surface area contributed by atoms with Crippen molar-refractivity contribution in [3.8, 4) is 0 Å². The lowest BCUT2D eigenvalue weighted by atomic mass is 10.0. The number of carbonyl (C=O) groups is 2. The highest BCUT2D eigenvalue weighted by atomic mass is 32.1. The minimum atomic E-state index is -0.562. The Labute approximate surface area is 170 Å². The molecule has 0 saturated carbocycles. The van der Waals surface area contributed by atoms with Crippen LogP contribution in [0.15, 0.2) is 53.9 Å². The first-order valence-electron chi connectivity index (χ1n) is 9.56. The van der Waals surface area contributed by atoms with Crippen molar-refractivity contribution in [2.24, 2.45) is 5.92 Å². The minimum Gasteiger partial charge on any atom is -0.354 e. The number of nitrogens with one attached hydrogen (secondary N) is 2. The number of aryl methyl sites for hydroxylation is 1. The van der Waals surface area contributed by atoms with Crippen molar-refractivity contribution >= 4 is 33.2 Å². The van der Waals surface area contributed by atoms with Gasteiger partial charge in [0, 0.05) is 16.8 Å². The number of rotatable bonds is 7. The van der Waals surface area contributed by atoms with Gasteiger partial charge in [-0.1, -0.05) is 49.7 Å². The Morgan fingerprint density at radius 3 is 2.46 bits per heavy atom. The van der Waals surface area contributed by atoms with Crippen LogP contribution in [-0.4, -0.2) is 24.4 Å². The third-order valence-electron chi connectivity index (χ3n) is 4.80. The number of carbonyl (C=O) groups excluding carboxylic acids is 2. The van der Waals surface area contributed by atoms with Crippen LogP contribution in [0.3, 0.4) is 0 Å². The summed E-state index contributed by atoms with van der Waals surface area (Å²) in [4.78, 5) is 25.2. The largest absolute Gasteiger partial charge is 0.354 e. The Bertz CT molecular complexity index is 960. The summed E-state index contributed by atoms with van der Waals surface area (Å²) in [5.74, 6) is -0.371. The third kappa shape index (κ3) is 4.78. The number of hydrogen-bond donors (Lipinski definition) is 2. The zero-order valence-electron chi connectivity index (χ0n) is 16.5. The van der Waals surface area contributed by atoms with Crippen LogP contribution in [0.2, 0.25) is 0 Å². The molecule has 0 aliphatic carbocycles. The van der Waals surface area contributed by atoms with E-state index in [-0.39, 0.29) is 17.7 Å². The van der Waals surface area contributed by atoms with Crippen molar-refractivity contribution < 1.29 is 9.59 Å². The van der Waals surface area contributed by atoms with Crippen LogP contribution < -0.4 is 10.6 Å². The lowest BCUT2D eigenvalue weighted by Gasteiger charge is -2.22. The molecule has 2 N–H and O–H groups in total. The van der Waals surface area contributed by atoms with Crippen molar-refractivity contribution in [2.75, 3.05) is 6.54 Å². The highest BCUT2D eigenvalue weighted by Crippen LogP contribution is 2.25. The maximum absolute atomic E-state index is 12.7. The summed E-state index contributed by atoms with van der Waals surface area (Å²) in [5, 5.41) is 9.25. The summed E-state index contributed by atoms with van der Waals surface area (Å²) in [6, 6.07) is 15.1. The first kappa shape index (κ1) is 20.1. The number of thiophene rings is 1. The first-order chi connectivity index (χ1) is 13.5. The van der Waals surface area contributed by atoms with Gasteiger partial charge in [0.05, 0.1) is 0 Å². The Hall–Kier alpha value is -2.66. The average molecular weight is 395 g/mol. The lowest BCUT2D eigenvalue weighted by Crippen LogP contribution is -2.50. The standard InChI is InChI=1S/C23H26N2O2S/c1-15(2)21(25-22(26)17-10-8-16(3)9-11-17)23(27)24-13-12-18-14-28-20-7-5-4-6-19(18)20/h4-11,14-15,21H,12-13H2,1-3H3,(H,24,27)(H,25,26). The summed E-state index contributed by atoms with van der Waals surface area (Å²) in [5.41, 5.74) is 2.90. The van der Waals surface area contributed by atoms with Crippen LogP contribution in [0.4, 0.5) is 0 Å². The van der Waals surface area contributed by atoms with Crippen molar-refractivity contribution in [1.82, 2.24) is 10.6 Å². The van der Waals surface area contributed by atoms with Gasteiger partial charge in [0.25, 0.3) is 5.91 Å². The van der Waals surface area contributed by atoms with Crippen LogP contribution in [0, 0.1) is 12.8 Å². The van der Waals surface area contributed by atoms with Crippen LogP contribution in [0.5, 0.6) is 0 Å². The van der Waals surface area contributed by atoms with Crippen LogP contribution in [0.25, 0.3) is 10.1 Å². The number of benzene rings is 2. The second-order valence-corrected chi connectivity index (χ2v) is 8.27. The molecule has 0 spiro atoms. The van der Waals surface area contributed by atoms with E-state index >= 15 is 0 Å². The molecule has 2 amide bonds. The third-order valence-corrected chi connectivity index (χ3v) is 5.82. The summed E-state index contributed by atoms with van der Waals surface area (Å²) in [6.45, 7) is 6.39. The second-order valence-electron chi connectivity index (χ2n) is 7.36. The van der Waals surface area contributed by atoms with Gasteiger partial charge in [-0.05, 0) is 53.8 Å². The van der Waals surface area contributed by atoms with E-state index in [4.69, 9.17) is 0 Å². The smallest absolute Gasteiger partial charge is 0.251 e. The molecule has 0 bridgehead atoms. The maximum Gasteiger partial charge on any atom is 0.251 e. The minimum absolute atomic E-state index is 0.00336. The molecule has 0 aliphatic rings. The van der Waals surface area contributed by atoms with Crippen molar-refractivity contribution in [2.45, 2.75) is 33.2 Å². The molecule has 1 unspecified atom stereocenters. The van der Waals surface area contributed by atoms with Crippen molar-refractivity contribution in [3.63, 3.8) is 0 Å². The molecule has 0 fully saturated rings. The molecule has 5 heteroatoms. The fourth-order valence-corrected chi connectivity index (χ4v) is 4.12. The van der Waals surface area contributed by atoms with Gasteiger partial charge in [0.1, 0.15) is 6.04 Å². The molecule has 0 radical (unpaired) electrons. The molecular weight excluding hydrogens is 368 g/mol. The zero-order chi connectivity index (χ0) is 20.1. The molecule has 0 saturated heterocycles. The lowest BCUT2D eigenvalue weighted by molar-refractivity contribution is -0.123. The maximum atomic E-state index is 12.7. The number of fused-ring (bicyclic) bond motifs is 1. The predicted octanol–water partition coefficient (Wildman–Crippen LogP) is 4.32. The van der Waals surface area contributed by atoms with Gasteiger partial charge in [-0.15, -0.1) is 11.3 Å². The monoisotopic (exact) mass is 394 g/mol. The molecule has 146 valence electrons. The summed E-state index contributed by atoms with van der Waals surface area (Å²) in [7, 11) is 0. The van der Waals surface area contributed by atoms with Crippen molar-refractivity contribution in [1.29, 1.82) is 0 Å². The SMILES string of the molecule is Cc1ccc(C(=O)NC(C(=O)NCCc2csc3ccccc23)C(C)C)cc1. The Morgan fingerprint density at radius 2 is 1.75 bits per heavy atom. The van der Waals surface area contributed by atoms with Crippen LogP contribution in [-0.2, 0) is 11.2 Å². The fourth-order valence-electron chi connectivity index (χ4n) is 3.12. The topological polar surface area (TPSA) is 58.2 Å². The number of amides is 2. The van der Waals surface area contributed by atoms with Crippen molar-refractivity contribution in [3.05, 3.63) is 70.6 Å². The van der Waals surface area contributed by atoms with Crippen LogP contribution in [0.1, 0.15) is 35.3 Å². The molecule has 3 aromatic rings. The molecule has 1 aromatic heterocycles. The van der Waals surface area contributed by atoms with E-state index in [1.165, 1.54) is 15.6 Å². The molecule has 4 nitrogen and oxygen atoms in total. The Kier molecular flexibility index (Phi) is 6.47. The molecular formula is C23H26N2O2S. The molecule has 0 aliphatic heterocycles. The zero-order valence-corrected chi connectivity index (χ0v) is 17.3. The quantitative estimate of drug-likeness (QED) is 0.627. The van der Waals surface area contributed by atoms with E-state index in [1.807, 2.05) is 45.0 Å². The highest BCUT2D eigenvalue weighted by molar-refractivity contribution is 7.17. The summed E-state index contributed by atoms with van der Waals surface area (Å²) in [6.07, 6.45) is 0.770. The van der Waals surface area contributed by atoms with Gasteiger partial charge >= 0.3 is 0 Å². The van der Waals surface area contributed by atoms with E-state index in [9.17, 15) is 9.59 Å². The van der Waals surface area contributed by atoms with Gasteiger partial charge < -0.3 is 10.6 Å². The fraction of sp³-hybridized carbons (Fsp3) is 0.304. The molecule has 1 heterocycles. The average Bonchev–Trinajstić information content (AvgIpc) is 3.09. The Balaban J connectivity index is 1.58. The summed E-state index contributed by atoms with van der Waals surface area (Å²) >= 11 is 1.72. The van der Waals surface area contributed by atoms with Gasteiger partial charge in [0.2, 0.25) is 5.91 Å². The normalized spacial score (nSPS) is 12.1. The molecule has 2 aromatic carbocycles. The van der Waals surface area contributed by atoms with Crippen LogP contribution >= 0.6 is 11.3 Å². The first-order valence-corrected chi connectivity index (χ1v) is 10.4. The van der Waals surface area contributed by atoms with Gasteiger partial charge in [0.15, 0.2) is 0 Å². The van der Waals surface area contributed by atoms with E-state index in [2.05, 4.69) is 28.1 Å². The second kappa shape index (κ2) is 9.02. The highest BCUT2D eigenvalue weighted by Gasteiger charge is 2.24. The van der Waals surface area contributed by atoms with Gasteiger partial charge in [-0.25, -0.2) is 0 Å². The van der Waals surface area contributed by atoms with Gasteiger partial charge in [-0.2, -0.15) is 0 Å². The molecule has 1 atom stereocenters.